The monoisotopic (exact) mass is 216 g/mol. The Bertz CT molecular complexity index is 440. The molecule has 1 aliphatic heterocycles. The molecule has 0 radical (unpaired) electrons. The van der Waals surface area contributed by atoms with Gasteiger partial charge in [-0.15, -0.1) is 6.58 Å². The minimum absolute atomic E-state index is 0.0195. The van der Waals surface area contributed by atoms with Crippen molar-refractivity contribution in [2.75, 3.05) is 18.8 Å². The molecule has 16 heavy (non-hydrogen) atoms. The van der Waals surface area contributed by atoms with Crippen LogP contribution in [0, 0.1) is 0 Å². The fourth-order valence-corrected chi connectivity index (χ4v) is 2.23. The predicted octanol–water partition coefficient (Wildman–Crippen LogP) is 2.01. The van der Waals surface area contributed by atoms with Gasteiger partial charge in [-0.05, 0) is 17.5 Å². The van der Waals surface area contributed by atoms with Crippen molar-refractivity contribution in [1.29, 1.82) is 0 Å². The Hall–Kier alpha value is -1.77. The van der Waals surface area contributed by atoms with Crippen molar-refractivity contribution >= 4 is 11.6 Å². The van der Waals surface area contributed by atoms with Crippen molar-refractivity contribution in [2.24, 2.45) is 0 Å². The molecule has 1 atom stereocenters. The smallest absolute Gasteiger partial charge is 0.256 e. The van der Waals surface area contributed by atoms with E-state index in [-0.39, 0.29) is 5.91 Å². The van der Waals surface area contributed by atoms with Crippen LogP contribution in [0.3, 0.4) is 0 Å². The predicted molar refractivity (Wildman–Crippen MR) is 65.4 cm³/mol. The Morgan fingerprint density at radius 2 is 2.38 bits per heavy atom. The van der Waals surface area contributed by atoms with E-state index in [1.807, 2.05) is 12.1 Å². The number of hydrogen-bond donors (Lipinski definition) is 1. The molecule has 0 saturated carbocycles. The van der Waals surface area contributed by atoms with Gasteiger partial charge in [0.05, 0.1) is 5.56 Å². The van der Waals surface area contributed by atoms with Crippen molar-refractivity contribution < 1.29 is 4.79 Å². The zero-order valence-electron chi connectivity index (χ0n) is 9.44. The fourth-order valence-electron chi connectivity index (χ4n) is 2.23. The Labute approximate surface area is 95.6 Å². The van der Waals surface area contributed by atoms with Crippen LogP contribution in [0.15, 0.2) is 30.9 Å². The molecule has 1 aliphatic rings. The van der Waals surface area contributed by atoms with E-state index in [0.717, 1.165) is 12.1 Å². The average molecular weight is 216 g/mol. The molecule has 3 heteroatoms. The van der Waals surface area contributed by atoms with Gasteiger partial charge in [-0.3, -0.25) is 4.79 Å². The normalized spacial score (nSPS) is 19.4. The van der Waals surface area contributed by atoms with E-state index >= 15 is 0 Å². The highest BCUT2D eigenvalue weighted by molar-refractivity contribution is 6.01. The number of nitrogens with two attached hydrogens (primary N) is 1. The largest absolute Gasteiger partial charge is 0.398 e. The standard InChI is InChI=1S/C13H16N2O/c1-3-7-15-8-9(2)10-5-4-6-11(14)12(10)13(15)16/h3-6,9H,1,7-8,14H2,2H3. The lowest BCUT2D eigenvalue weighted by atomic mass is 9.89. The summed E-state index contributed by atoms with van der Waals surface area (Å²) in [6, 6.07) is 5.67. The molecule has 2 N–H and O–H groups in total. The maximum atomic E-state index is 12.2. The lowest BCUT2D eigenvalue weighted by Crippen LogP contribution is -2.39. The van der Waals surface area contributed by atoms with E-state index in [1.54, 1.807) is 17.0 Å². The van der Waals surface area contributed by atoms with Crippen LogP contribution in [-0.4, -0.2) is 23.9 Å². The van der Waals surface area contributed by atoms with Crippen LogP contribution in [0.5, 0.6) is 0 Å². The van der Waals surface area contributed by atoms with Crippen molar-refractivity contribution in [3.63, 3.8) is 0 Å². The molecule has 1 amide bonds. The van der Waals surface area contributed by atoms with E-state index in [0.29, 0.717) is 23.7 Å². The molecule has 1 heterocycles. The van der Waals surface area contributed by atoms with Crippen LogP contribution in [0.1, 0.15) is 28.8 Å². The number of benzene rings is 1. The van der Waals surface area contributed by atoms with Gasteiger partial charge in [0.15, 0.2) is 0 Å². The first-order chi connectivity index (χ1) is 7.65. The summed E-state index contributed by atoms with van der Waals surface area (Å²) in [5.74, 6) is 0.349. The third-order valence-corrected chi connectivity index (χ3v) is 3.00. The molecule has 2 rings (SSSR count). The molecule has 84 valence electrons. The summed E-state index contributed by atoms with van der Waals surface area (Å²) in [4.78, 5) is 14.0. The summed E-state index contributed by atoms with van der Waals surface area (Å²) in [5, 5.41) is 0. The summed E-state index contributed by atoms with van der Waals surface area (Å²) in [5.41, 5.74) is 8.18. The third kappa shape index (κ3) is 1.58. The Kier molecular flexibility index (Phi) is 2.69. The minimum atomic E-state index is 0.0195. The van der Waals surface area contributed by atoms with Gasteiger partial charge in [-0.2, -0.15) is 0 Å². The Balaban J connectivity index is 2.48. The molecule has 0 aromatic heterocycles. The average Bonchev–Trinajstić information content (AvgIpc) is 2.25. The molecule has 0 spiro atoms. The van der Waals surface area contributed by atoms with Gasteiger partial charge < -0.3 is 10.6 Å². The number of hydrogen-bond acceptors (Lipinski definition) is 2. The van der Waals surface area contributed by atoms with Crippen molar-refractivity contribution in [1.82, 2.24) is 4.90 Å². The minimum Gasteiger partial charge on any atom is -0.398 e. The number of fused-ring (bicyclic) bond motifs is 1. The summed E-state index contributed by atoms with van der Waals surface area (Å²) >= 11 is 0. The van der Waals surface area contributed by atoms with E-state index in [1.165, 1.54) is 0 Å². The SMILES string of the molecule is C=CCN1CC(C)c2cccc(N)c2C1=O. The van der Waals surface area contributed by atoms with Gasteiger partial charge in [-0.1, -0.05) is 25.1 Å². The first-order valence-corrected chi connectivity index (χ1v) is 5.43. The Morgan fingerprint density at radius 3 is 3.06 bits per heavy atom. The summed E-state index contributed by atoms with van der Waals surface area (Å²) in [6.45, 7) is 7.10. The van der Waals surface area contributed by atoms with Gasteiger partial charge >= 0.3 is 0 Å². The van der Waals surface area contributed by atoms with Crippen LogP contribution in [0.2, 0.25) is 0 Å². The lowest BCUT2D eigenvalue weighted by Gasteiger charge is -2.32. The van der Waals surface area contributed by atoms with Crippen LogP contribution >= 0.6 is 0 Å². The van der Waals surface area contributed by atoms with Crippen LogP contribution in [0.25, 0.3) is 0 Å². The van der Waals surface area contributed by atoms with Crippen molar-refractivity contribution in [3.05, 3.63) is 42.0 Å². The second kappa shape index (κ2) is 4.00. The number of nitrogens with zero attached hydrogens (tertiary/aromatic N) is 1. The zero-order valence-corrected chi connectivity index (χ0v) is 9.44. The molecule has 0 aliphatic carbocycles. The van der Waals surface area contributed by atoms with Crippen LogP contribution < -0.4 is 5.73 Å². The number of amides is 1. The molecule has 0 saturated heterocycles. The first-order valence-electron chi connectivity index (χ1n) is 5.43. The lowest BCUT2D eigenvalue weighted by molar-refractivity contribution is 0.0746. The second-order valence-corrected chi connectivity index (χ2v) is 4.21. The first kappa shape index (κ1) is 10.7. The van der Waals surface area contributed by atoms with Gasteiger partial charge in [0.2, 0.25) is 0 Å². The molecule has 0 fully saturated rings. The van der Waals surface area contributed by atoms with Gasteiger partial charge in [0.1, 0.15) is 0 Å². The molecular formula is C13H16N2O. The number of nitrogen functional groups attached to an aromatic ring is 1. The van der Waals surface area contributed by atoms with Crippen molar-refractivity contribution in [3.8, 4) is 0 Å². The summed E-state index contributed by atoms with van der Waals surface area (Å²) < 4.78 is 0. The quantitative estimate of drug-likeness (QED) is 0.607. The molecule has 3 nitrogen and oxygen atoms in total. The highest BCUT2D eigenvalue weighted by Crippen LogP contribution is 2.31. The Morgan fingerprint density at radius 1 is 1.62 bits per heavy atom. The van der Waals surface area contributed by atoms with E-state index < -0.39 is 0 Å². The highest BCUT2D eigenvalue weighted by atomic mass is 16.2. The third-order valence-electron chi connectivity index (χ3n) is 3.00. The highest BCUT2D eigenvalue weighted by Gasteiger charge is 2.29. The molecule has 0 bridgehead atoms. The molecule has 1 aromatic carbocycles. The fraction of sp³-hybridized carbons (Fsp3) is 0.308. The maximum Gasteiger partial charge on any atom is 0.256 e. The van der Waals surface area contributed by atoms with Crippen LogP contribution in [-0.2, 0) is 0 Å². The second-order valence-electron chi connectivity index (χ2n) is 4.21. The summed E-state index contributed by atoms with van der Waals surface area (Å²) in [6.07, 6.45) is 1.74. The topological polar surface area (TPSA) is 46.3 Å². The molecular weight excluding hydrogens is 200 g/mol. The molecule has 1 unspecified atom stereocenters. The van der Waals surface area contributed by atoms with E-state index in [2.05, 4.69) is 13.5 Å². The van der Waals surface area contributed by atoms with Crippen LogP contribution in [0.4, 0.5) is 5.69 Å². The van der Waals surface area contributed by atoms with Gasteiger partial charge in [-0.25, -0.2) is 0 Å². The number of carbonyl (C=O) groups excluding carboxylic acids is 1. The van der Waals surface area contributed by atoms with E-state index in [4.69, 9.17) is 5.73 Å². The van der Waals surface area contributed by atoms with Gasteiger partial charge in [0, 0.05) is 18.8 Å². The number of carbonyl (C=O) groups is 1. The summed E-state index contributed by atoms with van der Waals surface area (Å²) in [7, 11) is 0. The van der Waals surface area contributed by atoms with E-state index in [9.17, 15) is 4.79 Å². The van der Waals surface area contributed by atoms with Crippen molar-refractivity contribution in [2.45, 2.75) is 12.8 Å². The zero-order chi connectivity index (χ0) is 11.7. The molecule has 1 aromatic rings. The van der Waals surface area contributed by atoms with Gasteiger partial charge in [0.25, 0.3) is 5.91 Å². The maximum absolute atomic E-state index is 12.2. The number of anilines is 1. The number of rotatable bonds is 2.